The summed E-state index contributed by atoms with van der Waals surface area (Å²) < 4.78 is 5.93. The van der Waals surface area contributed by atoms with E-state index in [2.05, 4.69) is 26.6 Å². The molecule has 1 fully saturated rings. The molecule has 104 valence electrons. The highest BCUT2D eigenvalue weighted by atomic mass is 79.9. The summed E-state index contributed by atoms with van der Waals surface area (Å²) in [4.78, 5) is 12.2. The topological polar surface area (TPSA) is 50.4 Å². The predicted molar refractivity (Wildman–Crippen MR) is 78.6 cm³/mol. The number of ether oxygens (including phenoxy) is 1. The third-order valence-corrected chi connectivity index (χ3v) is 4.06. The van der Waals surface area contributed by atoms with Gasteiger partial charge in [0.15, 0.2) is 0 Å². The maximum Gasteiger partial charge on any atom is 0.252 e. The van der Waals surface area contributed by atoms with Crippen LogP contribution in [0.5, 0.6) is 5.75 Å². The zero-order valence-electron chi connectivity index (χ0n) is 11.0. The third kappa shape index (κ3) is 3.94. The summed E-state index contributed by atoms with van der Waals surface area (Å²) in [5.41, 5.74) is 0.614. The van der Waals surface area contributed by atoms with Crippen LogP contribution in [0.2, 0.25) is 0 Å². The van der Waals surface area contributed by atoms with E-state index in [-0.39, 0.29) is 5.91 Å². The molecule has 2 rings (SSSR count). The number of carbonyl (C=O) groups is 1. The van der Waals surface area contributed by atoms with Crippen molar-refractivity contribution in [3.05, 3.63) is 28.2 Å². The van der Waals surface area contributed by atoms with Crippen molar-refractivity contribution in [2.24, 2.45) is 5.92 Å². The average Bonchev–Trinajstić information content (AvgIpc) is 2.46. The molecule has 1 amide bonds. The molecule has 0 bridgehead atoms. The van der Waals surface area contributed by atoms with Crippen LogP contribution in [0.15, 0.2) is 22.7 Å². The van der Waals surface area contributed by atoms with E-state index in [1.54, 1.807) is 13.2 Å². The number of methoxy groups -OCH3 is 1. The van der Waals surface area contributed by atoms with Gasteiger partial charge in [-0.25, -0.2) is 0 Å². The van der Waals surface area contributed by atoms with E-state index in [4.69, 9.17) is 4.74 Å². The summed E-state index contributed by atoms with van der Waals surface area (Å²) in [6, 6.07) is 5.40. The van der Waals surface area contributed by atoms with Crippen LogP contribution in [0, 0.1) is 5.92 Å². The van der Waals surface area contributed by atoms with Crippen molar-refractivity contribution in [1.82, 2.24) is 10.6 Å². The van der Waals surface area contributed by atoms with Gasteiger partial charge in [0, 0.05) is 11.0 Å². The molecule has 0 radical (unpaired) electrons. The number of nitrogens with one attached hydrogen (secondary N) is 2. The summed E-state index contributed by atoms with van der Waals surface area (Å²) in [6.07, 6.45) is 2.36. The highest BCUT2D eigenvalue weighted by Gasteiger charge is 2.16. The number of piperidine rings is 1. The molecule has 1 aliphatic rings. The molecule has 1 atom stereocenters. The molecule has 2 N–H and O–H groups in total. The summed E-state index contributed by atoms with van der Waals surface area (Å²) in [5, 5.41) is 6.34. The molecule has 1 aliphatic heterocycles. The van der Waals surface area contributed by atoms with E-state index >= 15 is 0 Å². The molecule has 1 saturated heterocycles. The van der Waals surface area contributed by atoms with Crippen molar-refractivity contribution in [3.63, 3.8) is 0 Å². The van der Waals surface area contributed by atoms with Crippen molar-refractivity contribution in [2.45, 2.75) is 12.8 Å². The number of benzene rings is 1. The van der Waals surface area contributed by atoms with Gasteiger partial charge in [0.1, 0.15) is 5.75 Å². The highest BCUT2D eigenvalue weighted by Crippen LogP contribution is 2.22. The van der Waals surface area contributed by atoms with Gasteiger partial charge in [-0.2, -0.15) is 0 Å². The van der Waals surface area contributed by atoms with Gasteiger partial charge in [0.2, 0.25) is 0 Å². The van der Waals surface area contributed by atoms with Crippen molar-refractivity contribution in [2.75, 3.05) is 26.7 Å². The van der Waals surface area contributed by atoms with Gasteiger partial charge in [0.05, 0.1) is 12.7 Å². The fraction of sp³-hybridized carbons (Fsp3) is 0.500. The van der Waals surface area contributed by atoms with Gasteiger partial charge in [-0.15, -0.1) is 0 Å². The van der Waals surface area contributed by atoms with Gasteiger partial charge >= 0.3 is 0 Å². The van der Waals surface area contributed by atoms with Crippen LogP contribution in [-0.4, -0.2) is 32.7 Å². The van der Waals surface area contributed by atoms with Crippen LogP contribution in [0.3, 0.4) is 0 Å². The largest absolute Gasteiger partial charge is 0.497 e. The summed E-state index contributed by atoms with van der Waals surface area (Å²) >= 11 is 3.40. The zero-order chi connectivity index (χ0) is 13.7. The minimum Gasteiger partial charge on any atom is -0.497 e. The number of rotatable bonds is 4. The molecule has 19 heavy (non-hydrogen) atoms. The van der Waals surface area contributed by atoms with Gasteiger partial charge < -0.3 is 15.4 Å². The lowest BCUT2D eigenvalue weighted by molar-refractivity contribution is 0.0943. The van der Waals surface area contributed by atoms with Crippen molar-refractivity contribution in [1.29, 1.82) is 0 Å². The lowest BCUT2D eigenvalue weighted by Crippen LogP contribution is -2.38. The maximum absolute atomic E-state index is 12.2. The van der Waals surface area contributed by atoms with E-state index in [0.29, 0.717) is 17.2 Å². The Morgan fingerprint density at radius 2 is 2.42 bits per heavy atom. The molecule has 4 nitrogen and oxygen atoms in total. The molecule has 1 aromatic carbocycles. The van der Waals surface area contributed by atoms with Crippen LogP contribution in [0.4, 0.5) is 0 Å². The summed E-state index contributed by atoms with van der Waals surface area (Å²) in [7, 11) is 1.60. The lowest BCUT2D eigenvalue weighted by Gasteiger charge is -2.23. The first-order valence-corrected chi connectivity index (χ1v) is 7.32. The van der Waals surface area contributed by atoms with Crippen LogP contribution in [-0.2, 0) is 0 Å². The summed E-state index contributed by atoms with van der Waals surface area (Å²) in [6.45, 7) is 2.79. The number of amides is 1. The second kappa shape index (κ2) is 6.91. The summed E-state index contributed by atoms with van der Waals surface area (Å²) in [5.74, 6) is 1.16. The first-order valence-electron chi connectivity index (χ1n) is 6.53. The van der Waals surface area contributed by atoms with Crippen molar-refractivity contribution >= 4 is 21.8 Å². The lowest BCUT2D eigenvalue weighted by atomic mass is 9.99. The Morgan fingerprint density at radius 1 is 1.58 bits per heavy atom. The number of halogens is 1. The zero-order valence-corrected chi connectivity index (χ0v) is 12.6. The maximum atomic E-state index is 12.2. The second-order valence-corrected chi connectivity index (χ2v) is 5.62. The smallest absolute Gasteiger partial charge is 0.252 e. The standard InChI is InChI=1S/C14H19BrN2O2/c1-19-11-4-5-13(15)12(7-11)14(18)17-9-10-3-2-6-16-8-10/h4-5,7,10,16H,2-3,6,8-9H2,1H3,(H,17,18). The molecule has 1 unspecified atom stereocenters. The Balaban J connectivity index is 1.95. The van der Waals surface area contributed by atoms with Gasteiger partial charge in [-0.1, -0.05) is 0 Å². The van der Waals surface area contributed by atoms with Gasteiger partial charge in [-0.3, -0.25) is 4.79 Å². The molecule has 1 aromatic rings. The first-order chi connectivity index (χ1) is 9.20. The SMILES string of the molecule is COc1ccc(Br)c(C(=O)NCC2CCCNC2)c1. The molecule has 0 spiro atoms. The van der Waals surface area contributed by atoms with Crippen molar-refractivity contribution < 1.29 is 9.53 Å². The normalized spacial score (nSPS) is 18.9. The molecular weight excluding hydrogens is 308 g/mol. The van der Waals surface area contributed by atoms with Crippen LogP contribution >= 0.6 is 15.9 Å². The van der Waals surface area contributed by atoms with Crippen molar-refractivity contribution in [3.8, 4) is 5.75 Å². The van der Waals surface area contributed by atoms with E-state index in [1.807, 2.05) is 12.1 Å². The Kier molecular flexibility index (Phi) is 5.22. The molecule has 0 saturated carbocycles. The number of carbonyl (C=O) groups excluding carboxylic acids is 1. The Labute approximate surface area is 122 Å². The third-order valence-electron chi connectivity index (χ3n) is 3.37. The highest BCUT2D eigenvalue weighted by molar-refractivity contribution is 9.10. The average molecular weight is 327 g/mol. The number of hydrogen-bond donors (Lipinski definition) is 2. The van der Waals surface area contributed by atoms with Gasteiger partial charge in [0.25, 0.3) is 5.91 Å². The van der Waals surface area contributed by atoms with Crippen LogP contribution < -0.4 is 15.4 Å². The minimum absolute atomic E-state index is 0.0589. The molecular formula is C14H19BrN2O2. The first kappa shape index (κ1) is 14.3. The Hall–Kier alpha value is -1.07. The fourth-order valence-electron chi connectivity index (χ4n) is 2.24. The molecule has 0 aromatic heterocycles. The Morgan fingerprint density at radius 3 is 3.11 bits per heavy atom. The van der Waals surface area contributed by atoms with Crippen LogP contribution in [0.1, 0.15) is 23.2 Å². The predicted octanol–water partition coefficient (Wildman–Crippen LogP) is 2.19. The second-order valence-electron chi connectivity index (χ2n) is 4.77. The van der Waals surface area contributed by atoms with Crippen LogP contribution in [0.25, 0.3) is 0 Å². The van der Waals surface area contributed by atoms with E-state index in [0.717, 1.165) is 24.1 Å². The molecule has 5 heteroatoms. The molecule has 0 aliphatic carbocycles. The van der Waals surface area contributed by atoms with Gasteiger partial charge in [-0.05, 0) is 66.0 Å². The minimum atomic E-state index is -0.0589. The number of hydrogen-bond acceptors (Lipinski definition) is 3. The quantitative estimate of drug-likeness (QED) is 0.891. The Bertz CT molecular complexity index is 445. The monoisotopic (exact) mass is 326 g/mol. The van der Waals surface area contributed by atoms with E-state index < -0.39 is 0 Å². The van der Waals surface area contributed by atoms with E-state index in [1.165, 1.54) is 12.8 Å². The molecule has 1 heterocycles. The fourth-order valence-corrected chi connectivity index (χ4v) is 2.66. The van der Waals surface area contributed by atoms with E-state index in [9.17, 15) is 4.79 Å².